The fourth-order valence-corrected chi connectivity index (χ4v) is 3.00. The summed E-state index contributed by atoms with van der Waals surface area (Å²) in [5, 5.41) is 15.9. The van der Waals surface area contributed by atoms with E-state index < -0.39 is 23.6 Å². The Morgan fingerprint density at radius 3 is 2.47 bits per heavy atom. The number of carboxylic acid groups (broad SMARTS) is 1. The van der Waals surface area contributed by atoms with E-state index in [0.29, 0.717) is 27.8 Å². The smallest absolute Gasteiger partial charge is 0.416 e. The summed E-state index contributed by atoms with van der Waals surface area (Å²) in [7, 11) is 0. The third-order valence-electron chi connectivity index (χ3n) is 4.50. The van der Waals surface area contributed by atoms with Crippen LogP contribution in [0, 0.1) is 0 Å². The van der Waals surface area contributed by atoms with E-state index >= 15 is 0 Å². The van der Waals surface area contributed by atoms with Crippen molar-refractivity contribution < 1.29 is 27.9 Å². The summed E-state index contributed by atoms with van der Waals surface area (Å²) in [6.07, 6.45) is 0.293. The van der Waals surface area contributed by atoms with Gasteiger partial charge in [0, 0.05) is 28.9 Å². The van der Waals surface area contributed by atoms with Gasteiger partial charge in [0.2, 0.25) is 0 Å². The molecule has 2 heterocycles. The van der Waals surface area contributed by atoms with Gasteiger partial charge in [0.1, 0.15) is 0 Å². The summed E-state index contributed by atoms with van der Waals surface area (Å²) in [5.74, 6) is -2.75. The number of nitrogens with zero attached hydrogens (tertiary/aromatic N) is 2. The highest BCUT2D eigenvalue weighted by Crippen LogP contribution is 2.31. The maximum Gasteiger partial charge on any atom is 0.416 e. The van der Waals surface area contributed by atoms with E-state index in [4.69, 9.17) is 5.11 Å². The van der Waals surface area contributed by atoms with Crippen LogP contribution in [0.4, 0.5) is 18.9 Å². The van der Waals surface area contributed by atoms with Gasteiger partial charge in [-0.05, 0) is 42.0 Å². The van der Waals surface area contributed by atoms with Crippen molar-refractivity contribution >= 4 is 28.5 Å². The number of carbonyl (C=O) groups is 2. The number of H-pyrrole nitrogens is 1. The Morgan fingerprint density at radius 1 is 1.07 bits per heavy atom. The highest BCUT2D eigenvalue weighted by atomic mass is 19.4. The molecule has 7 nitrogen and oxygen atoms in total. The van der Waals surface area contributed by atoms with Crippen molar-refractivity contribution in [3.8, 4) is 16.8 Å². The molecule has 152 valence electrons. The van der Waals surface area contributed by atoms with E-state index in [2.05, 4.69) is 15.4 Å². The van der Waals surface area contributed by atoms with Gasteiger partial charge in [-0.15, -0.1) is 0 Å². The average Bonchev–Trinajstić information content (AvgIpc) is 3.35. The normalized spacial score (nSPS) is 11.6. The summed E-state index contributed by atoms with van der Waals surface area (Å²) in [6, 6.07) is 9.94. The van der Waals surface area contributed by atoms with Crippen LogP contribution in [0.5, 0.6) is 0 Å². The van der Waals surface area contributed by atoms with Crippen LogP contribution in [-0.2, 0) is 15.8 Å². The number of carboxylic acids is 1. The summed E-state index contributed by atoms with van der Waals surface area (Å²) in [4.78, 5) is 25.2. The molecule has 0 fully saturated rings. The number of carbonyl (C=O) groups excluding carboxylic acids is 1. The summed E-state index contributed by atoms with van der Waals surface area (Å²) in [5.41, 5.74) is 2.14. The molecule has 3 N–H and O–H groups in total. The molecule has 2 aromatic heterocycles. The number of aliphatic carboxylic acids is 1. The second-order valence-electron chi connectivity index (χ2n) is 6.44. The number of fused-ring (bicyclic) bond motifs is 1. The number of hydrogen-bond acceptors (Lipinski definition) is 3. The van der Waals surface area contributed by atoms with Gasteiger partial charge in [-0.1, -0.05) is 6.07 Å². The van der Waals surface area contributed by atoms with E-state index in [1.807, 2.05) is 0 Å². The lowest BCUT2D eigenvalue weighted by Gasteiger charge is -2.07. The Hall–Kier alpha value is -4.08. The van der Waals surface area contributed by atoms with Gasteiger partial charge >= 0.3 is 18.1 Å². The van der Waals surface area contributed by atoms with Crippen molar-refractivity contribution in [3.05, 3.63) is 66.6 Å². The first-order valence-corrected chi connectivity index (χ1v) is 8.60. The number of aromatic nitrogens is 3. The number of nitrogens with one attached hydrogen (secondary N) is 2. The summed E-state index contributed by atoms with van der Waals surface area (Å²) in [6.45, 7) is 0. The predicted molar refractivity (Wildman–Crippen MR) is 102 cm³/mol. The van der Waals surface area contributed by atoms with Crippen LogP contribution in [0.1, 0.15) is 5.56 Å². The van der Waals surface area contributed by atoms with Crippen molar-refractivity contribution in [3.63, 3.8) is 0 Å². The van der Waals surface area contributed by atoms with Crippen LogP contribution >= 0.6 is 0 Å². The minimum atomic E-state index is -4.41. The third-order valence-corrected chi connectivity index (χ3v) is 4.50. The second-order valence-corrected chi connectivity index (χ2v) is 6.44. The molecule has 0 saturated carbocycles. The predicted octanol–water partition coefficient (Wildman–Crippen LogP) is 4.06. The van der Waals surface area contributed by atoms with E-state index in [1.54, 1.807) is 30.6 Å². The zero-order valence-electron chi connectivity index (χ0n) is 15.1. The number of amides is 1. The SMILES string of the molecule is O=C(O)C(=O)Nc1c[nH]c2ccc(-c3cnn(-c4ccc(C(F)(F)F)cc4)c3)cc12. The Labute approximate surface area is 166 Å². The topological polar surface area (TPSA) is 100 Å². The molecule has 4 aromatic rings. The monoisotopic (exact) mass is 414 g/mol. The molecule has 30 heavy (non-hydrogen) atoms. The molecule has 0 aliphatic heterocycles. The first-order chi connectivity index (χ1) is 14.2. The van der Waals surface area contributed by atoms with Crippen LogP contribution in [-0.4, -0.2) is 31.7 Å². The molecule has 0 spiro atoms. The number of anilines is 1. The molecule has 1 amide bonds. The molecule has 0 aliphatic rings. The van der Waals surface area contributed by atoms with Crippen molar-refractivity contribution in [2.24, 2.45) is 0 Å². The lowest BCUT2D eigenvalue weighted by molar-refractivity contribution is -0.147. The minimum Gasteiger partial charge on any atom is -0.474 e. The lowest BCUT2D eigenvalue weighted by Crippen LogP contribution is -2.21. The highest BCUT2D eigenvalue weighted by Gasteiger charge is 2.30. The minimum absolute atomic E-state index is 0.314. The fourth-order valence-electron chi connectivity index (χ4n) is 3.00. The second kappa shape index (κ2) is 7.07. The first-order valence-electron chi connectivity index (χ1n) is 8.60. The number of rotatable bonds is 3. The van der Waals surface area contributed by atoms with Gasteiger partial charge < -0.3 is 15.4 Å². The zero-order chi connectivity index (χ0) is 21.5. The molecule has 10 heteroatoms. The quantitative estimate of drug-likeness (QED) is 0.440. The molecule has 0 bridgehead atoms. The maximum absolute atomic E-state index is 12.7. The number of benzene rings is 2. The van der Waals surface area contributed by atoms with Crippen LogP contribution in [0.15, 0.2) is 61.1 Å². The van der Waals surface area contributed by atoms with Crippen LogP contribution in [0.3, 0.4) is 0 Å². The molecular weight excluding hydrogens is 401 g/mol. The Balaban J connectivity index is 1.64. The van der Waals surface area contributed by atoms with Crippen molar-refractivity contribution in [1.82, 2.24) is 14.8 Å². The number of halogens is 3. The van der Waals surface area contributed by atoms with Gasteiger partial charge in [0.15, 0.2) is 0 Å². The van der Waals surface area contributed by atoms with Gasteiger partial charge in [0.25, 0.3) is 0 Å². The van der Waals surface area contributed by atoms with Gasteiger partial charge in [-0.2, -0.15) is 18.3 Å². The van der Waals surface area contributed by atoms with Gasteiger partial charge in [0.05, 0.1) is 23.1 Å². The lowest BCUT2D eigenvalue weighted by atomic mass is 10.1. The highest BCUT2D eigenvalue weighted by molar-refractivity contribution is 6.37. The third kappa shape index (κ3) is 3.62. The molecule has 2 aromatic carbocycles. The molecule has 0 atom stereocenters. The first kappa shape index (κ1) is 19.2. The van der Waals surface area contributed by atoms with Crippen LogP contribution in [0.25, 0.3) is 27.7 Å². The van der Waals surface area contributed by atoms with E-state index in [-0.39, 0.29) is 0 Å². The largest absolute Gasteiger partial charge is 0.474 e. The maximum atomic E-state index is 12.7. The number of hydrogen-bond donors (Lipinski definition) is 3. The fraction of sp³-hybridized carbons (Fsp3) is 0.0500. The van der Waals surface area contributed by atoms with Crippen LogP contribution < -0.4 is 5.32 Å². The van der Waals surface area contributed by atoms with Crippen molar-refractivity contribution in [1.29, 1.82) is 0 Å². The number of aromatic amines is 1. The zero-order valence-corrected chi connectivity index (χ0v) is 15.1. The van der Waals surface area contributed by atoms with E-state index in [1.165, 1.54) is 23.0 Å². The molecular formula is C20H13F3N4O3. The summed E-state index contributed by atoms with van der Waals surface area (Å²) >= 11 is 0. The average molecular weight is 414 g/mol. The molecule has 0 aliphatic carbocycles. The standard InChI is InChI=1S/C20H13F3N4O3/c21-20(22,23)13-2-4-14(5-3-13)27-10-12(8-25-27)11-1-6-16-15(7-11)17(9-24-16)26-18(28)19(29)30/h1-10,24H,(H,26,28)(H,29,30). The molecule has 4 rings (SSSR count). The number of alkyl halides is 3. The molecule has 0 saturated heterocycles. The van der Waals surface area contributed by atoms with Crippen LogP contribution in [0.2, 0.25) is 0 Å². The van der Waals surface area contributed by atoms with Crippen molar-refractivity contribution in [2.75, 3.05) is 5.32 Å². The summed E-state index contributed by atoms with van der Waals surface area (Å²) < 4.78 is 39.6. The Bertz CT molecular complexity index is 1260. The van der Waals surface area contributed by atoms with Crippen molar-refractivity contribution in [2.45, 2.75) is 6.18 Å². The Kier molecular flexibility index (Phi) is 4.53. The van der Waals surface area contributed by atoms with Gasteiger partial charge in [-0.25, -0.2) is 9.48 Å². The Morgan fingerprint density at radius 2 is 1.80 bits per heavy atom. The van der Waals surface area contributed by atoms with Gasteiger partial charge in [-0.3, -0.25) is 4.79 Å². The van der Waals surface area contributed by atoms with E-state index in [0.717, 1.165) is 17.7 Å². The molecule has 0 radical (unpaired) electrons. The molecule has 0 unspecified atom stereocenters. The van der Waals surface area contributed by atoms with E-state index in [9.17, 15) is 22.8 Å².